The second-order valence-electron chi connectivity index (χ2n) is 10.6. The molecule has 0 saturated carbocycles. The van der Waals surface area contributed by atoms with Crippen molar-refractivity contribution in [1.29, 1.82) is 0 Å². The number of aliphatic imine (C=N–C) groups is 1. The molecule has 2 aromatic heterocycles. The molecule has 0 saturated heterocycles. The zero-order chi connectivity index (χ0) is 26.5. The lowest BCUT2D eigenvalue weighted by Gasteiger charge is -2.36. The van der Waals surface area contributed by atoms with E-state index < -0.39 is 6.04 Å². The number of carbonyl (C=O) groups excluding carboxylic acids is 2. The van der Waals surface area contributed by atoms with Crippen molar-refractivity contribution in [3.8, 4) is 0 Å². The highest BCUT2D eigenvalue weighted by Crippen LogP contribution is 2.41. The van der Waals surface area contributed by atoms with E-state index in [9.17, 15) is 14.7 Å². The number of amidine groups is 1. The second-order valence-corrected chi connectivity index (χ2v) is 11.6. The number of anilines is 2. The smallest absolute Gasteiger partial charge is 0.289 e. The Bertz CT molecular complexity index is 1390. The van der Waals surface area contributed by atoms with Gasteiger partial charge in [0.15, 0.2) is 5.84 Å². The van der Waals surface area contributed by atoms with E-state index in [1.165, 1.54) is 4.88 Å². The average Bonchev–Trinajstić information content (AvgIpc) is 3.44. The van der Waals surface area contributed by atoms with Crippen LogP contribution < -0.4 is 10.2 Å². The maximum atomic E-state index is 13.5. The molecule has 0 aliphatic carbocycles. The normalized spacial score (nSPS) is 19.8. The highest BCUT2D eigenvalue weighted by molar-refractivity contribution is 7.14. The summed E-state index contributed by atoms with van der Waals surface area (Å²) in [7, 11) is 1.75. The van der Waals surface area contributed by atoms with E-state index in [0.717, 1.165) is 16.0 Å². The predicted molar refractivity (Wildman–Crippen MR) is 146 cm³/mol. The maximum absolute atomic E-state index is 13.5. The second kappa shape index (κ2) is 9.39. The first kappa shape index (κ1) is 25.1. The Kier molecular flexibility index (Phi) is 6.37. The van der Waals surface area contributed by atoms with E-state index >= 15 is 0 Å². The number of carbonyl (C=O) groups is 2. The Labute approximate surface area is 220 Å². The van der Waals surface area contributed by atoms with Gasteiger partial charge in [-0.05, 0) is 47.7 Å². The van der Waals surface area contributed by atoms with Crippen LogP contribution in [0, 0.1) is 0 Å². The number of likely N-dealkylation sites (N-methyl/N-ethyl adjacent to an activating group) is 1. The number of nitrogens with one attached hydrogen (secondary N) is 1. The largest absolute Gasteiger partial charge is 0.392 e. The highest BCUT2D eigenvalue weighted by Gasteiger charge is 2.38. The average molecular weight is 518 g/mol. The van der Waals surface area contributed by atoms with Gasteiger partial charge in [0.05, 0.1) is 47.7 Å². The van der Waals surface area contributed by atoms with Gasteiger partial charge in [0, 0.05) is 23.7 Å². The molecule has 5 rings (SSSR count). The van der Waals surface area contributed by atoms with Crippen LogP contribution in [-0.2, 0) is 23.4 Å². The Morgan fingerprint density at radius 2 is 1.95 bits per heavy atom. The van der Waals surface area contributed by atoms with Crippen molar-refractivity contribution in [2.24, 2.45) is 4.99 Å². The van der Waals surface area contributed by atoms with Gasteiger partial charge in [-0.1, -0.05) is 32.9 Å². The van der Waals surface area contributed by atoms with Gasteiger partial charge in [-0.15, -0.1) is 11.3 Å². The molecule has 0 spiro atoms. The summed E-state index contributed by atoms with van der Waals surface area (Å²) in [5, 5.41) is 13.6. The molecule has 2 amide bonds. The van der Waals surface area contributed by atoms with Crippen molar-refractivity contribution < 1.29 is 14.7 Å². The minimum atomic E-state index is -0.428. The van der Waals surface area contributed by atoms with Crippen LogP contribution in [0.15, 0.2) is 53.8 Å². The fourth-order valence-electron chi connectivity index (χ4n) is 4.80. The fraction of sp³-hybridized carbons (Fsp3) is 0.357. The van der Waals surface area contributed by atoms with Crippen LogP contribution >= 0.6 is 11.3 Å². The number of nitrogens with zero attached hydrogens (tertiary/aromatic N) is 4. The number of aliphatic hydroxyl groups is 1. The Morgan fingerprint density at radius 3 is 2.59 bits per heavy atom. The number of hydrogen-bond acceptors (Lipinski definition) is 7. The van der Waals surface area contributed by atoms with E-state index in [1.54, 1.807) is 46.6 Å². The predicted octanol–water partition coefficient (Wildman–Crippen LogP) is 4.51. The molecule has 9 heteroatoms. The molecule has 2 atom stereocenters. The SMILES string of the molecule is CC1C(c2cccc(N3Cc4cc(C(C)(C)C)sc4C3=O)c2CO)N=C(Nc2cccnc2)C(=O)N1C. The summed E-state index contributed by atoms with van der Waals surface area (Å²) in [5.74, 6) is -0.0566. The third-order valence-electron chi connectivity index (χ3n) is 7.05. The first-order valence-corrected chi connectivity index (χ1v) is 13.1. The molecule has 0 bridgehead atoms. The Balaban J connectivity index is 1.52. The van der Waals surface area contributed by atoms with Gasteiger partial charge in [0.2, 0.25) is 0 Å². The number of aromatic nitrogens is 1. The van der Waals surface area contributed by atoms with Crippen molar-refractivity contribution >= 4 is 40.4 Å². The molecular formula is C28H31N5O3S. The summed E-state index contributed by atoms with van der Waals surface area (Å²) >= 11 is 1.55. The van der Waals surface area contributed by atoms with E-state index in [0.29, 0.717) is 23.5 Å². The number of aliphatic hydroxyl groups excluding tert-OH is 1. The number of amides is 2. The zero-order valence-electron chi connectivity index (χ0n) is 21.6. The number of rotatable bonds is 4. The highest BCUT2D eigenvalue weighted by atomic mass is 32.1. The summed E-state index contributed by atoms with van der Waals surface area (Å²) in [5.41, 5.74) is 3.77. The summed E-state index contributed by atoms with van der Waals surface area (Å²) in [6.45, 7) is 8.59. The lowest BCUT2D eigenvalue weighted by atomic mass is 9.92. The number of benzene rings is 1. The van der Waals surface area contributed by atoms with E-state index in [2.05, 4.69) is 37.1 Å². The number of fused-ring (bicyclic) bond motifs is 1. The van der Waals surface area contributed by atoms with Crippen LogP contribution in [0.25, 0.3) is 0 Å². The molecule has 8 nitrogen and oxygen atoms in total. The van der Waals surface area contributed by atoms with Crippen molar-refractivity contribution in [3.63, 3.8) is 0 Å². The van der Waals surface area contributed by atoms with E-state index in [4.69, 9.17) is 4.99 Å². The van der Waals surface area contributed by atoms with Gasteiger partial charge in [-0.2, -0.15) is 0 Å². The van der Waals surface area contributed by atoms with Gasteiger partial charge in [0.1, 0.15) is 0 Å². The van der Waals surface area contributed by atoms with Gasteiger partial charge >= 0.3 is 0 Å². The number of thiophene rings is 1. The molecule has 0 radical (unpaired) electrons. The minimum absolute atomic E-state index is 0.0174. The quantitative estimate of drug-likeness (QED) is 0.531. The first-order valence-electron chi connectivity index (χ1n) is 12.3. The van der Waals surface area contributed by atoms with Crippen molar-refractivity contribution in [2.75, 3.05) is 17.3 Å². The number of hydrogen-bond donors (Lipinski definition) is 2. The Morgan fingerprint density at radius 1 is 1.16 bits per heavy atom. The van der Waals surface area contributed by atoms with Crippen molar-refractivity contribution in [3.05, 3.63) is 75.2 Å². The molecule has 1 aromatic carbocycles. The molecule has 2 aliphatic rings. The van der Waals surface area contributed by atoms with Crippen molar-refractivity contribution in [2.45, 2.75) is 58.3 Å². The third-order valence-corrected chi connectivity index (χ3v) is 8.65. The summed E-state index contributed by atoms with van der Waals surface area (Å²) < 4.78 is 0. The van der Waals surface area contributed by atoms with Gasteiger partial charge in [-0.3, -0.25) is 19.6 Å². The molecule has 37 heavy (non-hydrogen) atoms. The van der Waals surface area contributed by atoms with E-state index in [1.807, 2.05) is 31.2 Å². The standard InChI is InChI=1S/C28H31N5O3S/c1-16-23(31-25(27(36)32(16)5)30-18-8-7-11-29-13-18)19-9-6-10-21(20(19)15-34)33-14-17-12-22(28(2,3)4)37-24(17)26(33)35/h6-13,16,23,34H,14-15H2,1-5H3,(H,30,31). The molecule has 3 aromatic rings. The third kappa shape index (κ3) is 4.42. The van der Waals surface area contributed by atoms with Gasteiger partial charge in [0.25, 0.3) is 11.8 Å². The van der Waals surface area contributed by atoms with Crippen molar-refractivity contribution in [1.82, 2.24) is 9.88 Å². The van der Waals surface area contributed by atoms with Gasteiger partial charge in [-0.25, -0.2) is 0 Å². The summed E-state index contributed by atoms with van der Waals surface area (Å²) in [6, 6.07) is 10.7. The topological polar surface area (TPSA) is 98.1 Å². The lowest BCUT2D eigenvalue weighted by Crippen LogP contribution is -2.49. The molecule has 2 aliphatic heterocycles. The molecule has 2 unspecified atom stereocenters. The molecule has 2 N–H and O–H groups in total. The van der Waals surface area contributed by atoms with Gasteiger partial charge < -0.3 is 20.2 Å². The van der Waals surface area contributed by atoms with Crippen LogP contribution in [0.2, 0.25) is 0 Å². The van der Waals surface area contributed by atoms with E-state index in [-0.39, 0.29) is 35.7 Å². The maximum Gasteiger partial charge on any atom is 0.289 e. The zero-order valence-corrected chi connectivity index (χ0v) is 22.5. The van der Waals surface area contributed by atoms with Crippen LogP contribution in [0.3, 0.4) is 0 Å². The molecule has 0 fully saturated rings. The fourth-order valence-corrected chi connectivity index (χ4v) is 5.98. The van der Waals surface area contributed by atoms with Crippen LogP contribution in [0.4, 0.5) is 11.4 Å². The molecular weight excluding hydrogens is 486 g/mol. The van der Waals surface area contributed by atoms with Crippen LogP contribution in [-0.4, -0.2) is 45.7 Å². The first-order chi connectivity index (χ1) is 17.6. The molecule has 4 heterocycles. The number of pyridine rings is 1. The lowest BCUT2D eigenvalue weighted by molar-refractivity contribution is -0.125. The van der Waals surface area contributed by atoms with Crippen LogP contribution in [0.1, 0.15) is 65.0 Å². The monoisotopic (exact) mass is 517 g/mol. The van der Waals surface area contributed by atoms with Crippen LogP contribution in [0.5, 0.6) is 0 Å². The Hall–Kier alpha value is -3.56. The molecule has 192 valence electrons. The minimum Gasteiger partial charge on any atom is -0.392 e. The summed E-state index contributed by atoms with van der Waals surface area (Å²) in [6.07, 6.45) is 3.29. The summed E-state index contributed by atoms with van der Waals surface area (Å²) in [4.78, 5) is 40.7.